The molecule has 2 N–H and O–H groups in total. The van der Waals surface area contributed by atoms with E-state index in [9.17, 15) is 9.59 Å². The number of hydrogen-bond acceptors (Lipinski definition) is 3. The van der Waals surface area contributed by atoms with Crippen LogP contribution >= 0.6 is 0 Å². The molecule has 0 aliphatic rings. The van der Waals surface area contributed by atoms with E-state index in [1.807, 2.05) is 44.2 Å². The molecule has 5 nitrogen and oxygen atoms in total. The van der Waals surface area contributed by atoms with Gasteiger partial charge in [0.05, 0.1) is 0 Å². The molecule has 19 heavy (non-hydrogen) atoms. The fourth-order valence-corrected chi connectivity index (χ4v) is 1.55. The van der Waals surface area contributed by atoms with E-state index in [4.69, 9.17) is 4.74 Å². The van der Waals surface area contributed by atoms with Gasteiger partial charge < -0.3 is 15.4 Å². The Morgan fingerprint density at radius 1 is 1.37 bits per heavy atom. The molecule has 104 valence electrons. The van der Waals surface area contributed by atoms with Gasteiger partial charge in [0, 0.05) is 0 Å². The van der Waals surface area contributed by atoms with Crippen molar-refractivity contribution in [2.75, 3.05) is 0 Å². The van der Waals surface area contributed by atoms with Crippen LogP contribution in [-0.2, 0) is 16.1 Å². The fraction of sp³-hybridized carbons (Fsp3) is 0.429. The molecule has 0 aliphatic carbocycles. The maximum Gasteiger partial charge on any atom is 0.409 e. The molecule has 0 bridgehead atoms. The predicted molar refractivity (Wildman–Crippen MR) is 72.2 cm³/mol. The van der Waals surface area contributed by atoms with Crippen LogP contribution < -0.4 is 10.6 Å². The Morgan fingerprint density at radius 3 is 2.63 bits per heavy atom. The molecule has 0 aliphatic heterocycles. The smallest absolute Gasteiger partial charge is 0.409 e. The highest BCUT2D eigenvalue weighted by molar-refractivity contribution is 5.68. The molecule has 0 spiro atoms. The third kappa shape index (κ3) is 5.42. The lowest BCUT2D eigenvalue weighted by Gasteiger charge is -2.23. The minimum atomic E-state index is -0.538. The molecule has 1 rings (SSSR count). The summed E-state index contributed by atoms with van der Waals surface area (Å²) in [6.45, 7) is 4.14. The Balaban J connectivity index is 2.42. The monoisotopic (exact) mass is 264 g/mol. The summed E-state index contributed by atoms with van der Waals surface area (Å²) in [4.78, 5) is 22.1. The zero-order chi connectivity index (χ0) is 14.1. The Kier molecular flexibility index (Phi) is 6.43. The van der Waals surface area contributed by atoms with Gasteiger partial charge in [0.2, 0.25) is 6.41 Å². The Labute approximate surface area is 113 Å². The molecule has 0 fully saturated rings. The quantitative estimate of drug-likeness (QED) is 0.585. The van der Waals surface area contributed by atoms with Crippen LogP contribution in [0.2, 0.25) is 0 Å². The standard InChI is InChI=1S/C14H20N2O3/c1-3-11(2)13(15-10-17)16-14(18)19-9-12-7-5-4-6-8-12/h4-8,10-11,13H,3,9H2,1-2H3,(H,15,17)(H,16,18)/t11-,13-/m0/s1. The molecule has 0 radical (unpaired) electrons. The summed E-state index contributed by atoms with van der Waals surface area (Å²) >= 11 is 0. The first-order chi connectivity index (χ1) is 9.17. The average Bonchev–Trinajstić information content (AvgIpc) is 2.45. The Hall–Kier alpha value is -2.04. The molecule has 0 saturated heterocycles. The number of carbonyl (C=O) groups is 2. The van der Waals surface area contributed by atoms with Gasteiger partial charge in [0.15, 0.2) is 0 Å². The summed E-state index contributed by atoms with van der Waals surface area (Å²) in [6, 6.07) is 9.42. The first-order valence-electron chi connectivity index (χ1n) is 6.34. The predicted octanol–water partition coefficient (Wildman–Crippen LogP) is 2.03. The third-order valence-corrected chi connectivity index (χ3v) is 2.95. The minimum Gasteiger partial charge on any atom is -0.445 e. The van der Waals surface area contributed by atoms with Gasteiger partial charge >= 0.3 is 6.09 Å². The second-order valence-corrected chi connectivity index (χ2v) is 4.35. The second kappa shape index (κ2) is 8.13. The van der Waals surface area contributed by atoms with E-state index in [-0.39, 0.29) is 12.5 Å². The highest BCUT2D eigenvalue weighted by Crippen LogP contribution is 2.06. The van der Waals surface area contributed by atoms with E-state index < -0.39 is 12.3 Å². The maximum absolute atomic E-state index is 11.6. The van der Waals surface area contributed by atoms with Crippen molar-refractivity contribution in [3.63, 3.8) is 0 Å². The Bertz CT molecular complexity index is 395. The molecule has 0 aromatic heterocycles. The molecule has 1 aromatic rings. The Morgan fingerprint density at radius 2 is 2.05 bits per heavy atom. The largest absolute Gasteiger partial charge is 0.445 e. The van der Waals surface area contributed by atoms with Crippen LogP contribution in [0, 0.1) is 5.92 Å². The summed E-state index contributed by atoms with van der Waals surface area (Å²) in [5, 5.41) is 5.21. The number of carbonyl (C=O) groups excluding carboxylic acids is 2. The van der Waals surface area contributed by atoms with E-state index >= 15 is 0 Å². The lowest BCUT2D eigenvalue weighted by molar-refractivity contribution is -0.110. The first kappa shape index (κ1) is 15.0. The molecule has 2 amide bonds. The van der Waals surface area contributed by atoms with Crippen molar-refractivity contribution in [1.29, 1.82) is 0 Å². The van der Waals surface area contributed by atoms with E-state index in [0.717, 1.165) is 12.0 Å². The molecule has 1 aromatic carbocycles. The van der Waals surface area contributed by atoms with E-state index in [2.05, 4.69) is 10.6 Å². The zero-order valence-electron chi connectivity index (χ0n) is 11.3. The maximum atomic E-state index is 11.6. The molecule has 2 atom stereocenters. The number of nitrogens with one attached hydrogen (secondary N) is 2. The summed E-state index contributed by atoms with van der Waals surface area (Å²) in [6.07, 6.45) is 0.466. The highest BCUT2D eigenvalue weighted by atomic mass is 16.5. The van der Waals surface area contributed by atoms with Crippen molar-refractivity contribution >= 4 is 12.5 Å². The molecule has 0 unspecified atom stereocenters. The summed E-state index contributed by atoms with van der Waals surface area (Å²) in [5.74, 6) is 0.134. The van der Waals surface area contributed by atoms with Crippen molar-refractivity contribution in [3.8, 4) is 0 Å². The lowest BCUT2D eigenvalue weighted by atomic mass is 10.1. The molecular weight excluding hydrogens is 244 g/mol. The van der Waals surface area contributed by atoms with Crippen LogP contribution in [0.3, 0.4) is 0 Å². The van der Waals surface area contributed by atoms with Crippen molar-refractivity contribution in [3.05, 3.63) is 35.9 Å². The van der Waals surface area contributed by atoms with Gasteiger partial charge in [-0.1, -0.05) is 44.2 Å². The van der Waals surface area contributed by atoms with Gasteiger partial charge in [-0.05, 0) is 17.9 Å². The number of alkyl carbamates (subject to hydrolysis) is 1. The van der Waals surface area contributed by atoms with Gasteiger partial charge in [-0.15, -0.1) is 0 Å². The van der Waals surface area contributed by atoms with Gasteiger partial charge in [-0.3, -0.25) is 4.79 Å². The molecular formula is C14H20N2O3. The molecule has 0 heterocycles. The van der Waals surface area contributed by atoms with Gasteiger partial charge in [-0.2, -0.15) is 0 Å². The average molecular weight is 264 g/mol. The summed E-state index contributed by atoms with van der Waals surface area (Å²) in [5.41, 5.74) is 0.918. The number of ether oxygens (including phenoxy) is 1. The van der Waals surface area contributed by atoms with E-state index in [0.29, 0.717) is 6.41 Å². The third-order valence-electron chi connectivity index (χ3n) is 2.95. The summed E-state index contributed by atoms with van der Waals surface area (Å²) < 4.78 is 5.09. The normalized spacial score (nSPS) is 13.2. The number of hydrogen-bond donors (Lipinski definition) is 2. The van der Waals surface area contributed by atoms with Crippen LogP contribution in [-0.4, -0.2) is 18.7 Å². The van der Waals surface area contributed by atoms with E-state index in [1.54, 1.807) is 0 Å². The van der Waals surface area contributed by atoms with Crippen LogP contribution in [0.1, 0.15) is 25.8 Å². The van der Waals surface area contributed by atoms with Crippen LogP contribution in [0.5, 0.6) is 0 Å². The van der Waals surface area contributed by atoms with Crippen molar-refractivity contribution < 1.29 is 14.3 Å². The van der Waals surface area contributed by atoms with Crippen molar-refractivity contribution in [2.24, 2.45) is 5.92 Å². The SMILES string of the molecule is CC[C@H](C)[C@@H](NC=O)NC(=O)OCc1ccccc1. The fourth-order valence-electron chi connectivity index (χ4n) is 1.55. The second-order valence-electron chi connectivity index (χ2n) is 4.35. The van der Waals surface area contributed by atoms with E-state index in [1.165, 1.54) is 0 Å². The van der Waals surface area contributed by atoms with Crippen molar-refractivity contribution in [2.45, 2.75) is 33.0 Å². The molecule has 0 saturated carbocycles. The number of benzene rings is 1. The zero-order valence-corrected chi connectivity index (χ0v) is 11.3. The minimum absolute atomic E-state index is 0.134. The summed E-state index contributed by atoms with van der Waals surface area (Å²) in [7, 11) is 0. The van der Waals surface area contributed by atoms with Crippen LogP contribution in [0.25, 0.3) is 0 Å². The highest BCUT2D eigenvalue weighted by Gasteiger charge is 2.17. The lowest BCUT2D eigenvalue weighted by Crippen LogP contribution is -2.49. The first-order valence-corrected chi connectivity index (χ1v) is 6.34. The van der Waals surface area contributed by atoms with Gasteiger partial charge in [-0.25, -0.2) is 4.79 Å². The topological polar surface area (TPSA) is 67.4 Å². The van der Waals surface area contributed by atoms with Crippen LogP contribution in [0.15, 0.2) is 30.3 Å². The number of rotatable bonds is 7. The van der Waals surface area contributed by atoms with Gasteiger partial charge in [0.25, 0.3) is 0 Å². The number of amides is 2. The van der Waals surface area contributed by atoms with Crippen molar-refractivity contribution in [1.82, 2.24) is 10.6 Å². The van der Waals surface area contributed by atoms with Gasteiger partial charge in [0.1, 0.15) is 12.8 Å². The van der Waals surface area contributed by atoms with Crippen LogP contribution in [0.4, 0.5) is 4.79 Å². The molecule has 5 heteroatoms.